The number of hydrogen-bond donors (Lipinski definition) is 1. The van der Waals surface area contributed by atoms with Crippen molar-refractivity contribution in [1.82, 2.24) is 4.90 Å². The van der Waals surface area contributed by atoms with E-state index in [0.29, 0.717) is 24.3 Å². The van der Waals surface area contributed by atoms with Gasteiger partial charge in [-0.3, -0.25) is 4.79 Å². The average molecular weight is 552 g/mol. The van der Waals surface area contributed by atoms with Crippen LogP contribution in [0.5, 0.6) is 0 Å². The Bertz CT molecular complexity index is 1310. The minimum atomic E-state index is -0.986. The molecule has 4 nitrogen and oxygen atoms in total. The summed E-state index contributed by atoms with van der Waals surface area (Å²) in [5.74, 6) is 0.105. The van der Waals surface area contributed by atoms with Gasteiger partial charge in [-0.2, -0.15) is 0 Å². The molecule has 2 aliphatic heterocycles. The number of nitrogens with zero attached hydrogens (tertiary/aromatic N) is 1. The Morgan fingerprint density at radius 1 is 1.12 bits per heavy atom. The number of rotatable bonds is 1. The third kappa shape index (κ3) is 3.70. The second kappa shape index (κ2) is 9.22. The molecule has 10 atom stereocenters. The molecule has 7 rings (SSSR count). The minimum absolute atomic E-state index is 0.0607. The van der Waals surface area contributed by atoms with Crippen molar-refractivity contribution in [2.75, 3.05) is 6.54 Å². The van der Waals surface area contributed by atoms with Gasteiger partial charge in [0.05, 0.1) is 23.9 Å². The minimum Gasteiger partial charge on any atom is -0.393 e. The molecule has 4 aliphatic carbocycles. The number of amides is 1. The first-order chi connectivity index (χ1) is 19.0. The van der Waals surface area contributed by atoms with E-state index in [0.717, 1.165) is 63.5 Å². The molecule has 2 heterocycles. The summed E-state index contributed by atoms with van der Waals surface area (Å²) in [5.41, 5.74) is 4.47. The highest BCUT2D eigenvalue weighted by atomic mass is 19.2. The van der Waals surface area contributed by atoms with Gasteiger partial charge in [0.1, 0.15) is 0 Å². The Morgan fingerprint density at radius 2 is 1.93 bits per heavy atom. The Labute approximate surface area is 236 Å². The summed E-state index contributed by atoms with van der Waals surface area (Å²) < 4.78 is 34.8. The molecule has 0 aromatic heterocycles. The van der Waals surface area contributed by atoms with E-state index in [1.54, 1.807) is 5.57 Å². The summed E-state index contributed by atoms with van der Waals surface area (Å²) in [6, 6.07) is 3.40. The summed E-state index contributed by atoms with van der Waals surface area (Å²) >= 11 is 0. The van der Waals surface area contributed by atoms with E-state index in [1.165, 1.54) is 17.2 Å². The molecule has 0 bridgehead atoms. The van der Waals surface area contributed by atoms with Crippen LogP contribution in [0.1, 0.15) is 89.4 Å². The molecule has 2 saturated heterocycles. The molecule has 1 amide bonds. The van der Waals surface area contributed by atoms with Gasteiger partial charge in [-0.25, -0.2) is 8.78 Å². The highest BCUT2D eigenvalue weighted by Crippen LogP contribution is 2.65. The fourth-order valence-electron chi connectivity index (χ4n) is 10.3. The van der Waals surface area contributed by atoms with Crippen LogP contribution in [0.25, 0.3) is 0 Å². The second-order valence-electron chi connectivity index (χ2n) is 14.3. The lowest BCUT2D eigenvalue weighted by Gasteiger charge is -2.49. The standard InChI is InChI=1S/C34H43F2NO3/c1-18-13-30-31(37(17-18)32(39)21-5-8-28(35)29(36)14-21)20(3)34(40-30)12-10-24-25-7-6-22-15-23(38)9-11-33(22,4)27(25)16-26(24)19(34)2/h5-6,8,14,18,20,23-25,27,30-31,38H,7,9-13,15-17H2,1-4H3/t18-,20+,23-,24-,25-,27-,30+,31-,33-,34-/m0/s1. The molecule has 1 N–H and O–H groups in total. The maximum Gasteiger partial charge on any atom is 0.254 e. The zero-order valence-corrected chi connectivity index (χ0v) is 24.3. The summed E-state index contributed by atoms with van der Waals surface area (Å²) in [7, 11) is 0. The SMILES string of the molecule is CC1=C2C[C@H]3[C@@H](CC=C4C[C@@H](O)CC[C@@]43C)[C@@H]2CC[C@]12O[C@@H]1C[C@H](C)CN(C(=O)c3ccc(F)c(F)c3)[C@H]1[C@H]2C. The van der Waals surface area contributed by atoms with Gasteiger partial charge in [-0.15, -0.1) is 0 Å². The van der Waals surface area contributed by atoms with Crippen molar-refractivity contribution in [3.63, 3.8) is 0 Å². The van der Waals surface area contributed by atoms with E-state index in [4.69, 9.17) is 4.74 Å². The van der Waals surface area contributed by atoms with Crippen molar-refractivity contribution in [2.45, 2.75) is 103 Å². The second-order valence-corrected chi connectivity index (χ2v) is 14.3. The normalized spacial score (nSPS) is 44.2. The molecule has 1 aromatic rings. The first-order valence-corrected chi connectivity index (χ1v) is 15.5. The van der Waals surface area contributed by atoms with Crippen LogP contribution < -0.4 is 0 Å². The third-order valence-electron chi connectivity index (χ3n) is 12.4. The molecular weight excluding hydrogens is 508 g/mol. The van der Waals surface area contributed by atoms with E-state index in [2.05, 4.69) is 33.8 Å². The van der Waals surface area contributed by atoms with Gasteiger partial charge in [0.2, 0.25) is 0 Å². The van der Waals surface area contributed by atoms with Crippen molar-refractivity contribution >= 4 is 5.91 Å². The maximum absolute atomic E-state index is 14.1. The smallest absolute Gasteiger partial charge is 0.254 e. The third-order valence-corrected chi connectivity index (χ3v) is 12.4. The summed E-state index contributed by atoms with van der Waals surface area (Å²) in [5, 5.41) is 10.4. The number of allylic oxidation sites excluding steroid dienone is 2. The van der Waals surface area contributed by atoms with Crippen molar-refractivity contribution < 1.29 is 23.4 Å². The Hall–Kier alpha value is -2.05. The number of carbonyl (C=O) groups is 1. The molecule has 1 spiro atoms. The number of fused-ring (bicyclic) bond motifs is 6. The van der Waals surface area contributed by atoms with Crippen molar-refractivity contribution in [1.29, 1.82) is 0 Å². The molecule has 6 heteroatoms. The lowest BCUT2D eigenvalue weighted by Crippen LogP contribution is -2.54. The van der Waals surface area contributed by atoms with Crippen molar-refractivity contribution in [2.24, 2.45) is 35.0 Å². The number of carbonyl (C=O) groups excluding carboxylic acids is 1. The zero-order chi connectivity index (χ0) is 28.1. The molecule has 2 saturated carbocycles. The van der Waals surface area contributed by atoms with Crippen LogP contribution in [-0.2, 0) is 4.74 Å². The van der Waals surface area contributed by atoms with Gasteiger partial charge >= 0.3 is 0 Å². The van der Waals surface area contributed by atoms with Crippen LogP contribution in [0.3, 0.4) is 0 Å². The van der Waals surface area contributed by atoms with Gasteiger partial charge < -0.3 is 14.7 Å². The predicted molar refractivity (Wildman–Crippen MR) is 149 cm³/mol. The topological polar surface area (TPSA) is 49.8 Å². The average Bonchev–Trinajstić information content (AvgIpc) is 3.44. The van der Waals surface area contributed by atoms with E-state index in [-0.39, 0.29) is 52.6 Å². The van der Waals surface area contributed by atoms with Gasteiger partial charge in [0.25, 0.3) is 5.91 Å². The number of halogens is 2. The summed E-state index contributed by atoms with van der Waals surface area (Å²) in [6.07, 6.45) is 10.2. The first-order valence-electron chi connectivity index (χ1n) is 15.5. The van der Waals surface area contributed by atoms with E-state index in [1.807, 2.05) is 4.90 Å². The van der Waals surface area contributed by atoms with Crippen LogP contribution in [0.4, 0.5) is 8.78 Å². The Morgan fingerprint density at radius 3 is 2.70 bits per heavy atom. The van der Waals surface area contributed by atoms with Crippen LogP contribution in [0.15, 0.2) is 41.0 Å². The number of benzene rings is 1. The highest BCUT2D eigenvalue weighted by Gasteiger charge is 2.62. The van der Waals surface area contributed by atoms with E-state index >= 15 is 0 Å². The Balaban J connectivity index is 1.21. The van der Waals surface area contributed by atoms with Crippen molar-refractivity contribution in [3.05, 3.63) is 58.2 Å². The number of likely N-dealkylation sites (tertiary alicyclic amines) is 1. The Kier molecular flexibility index (Phi) is 6.19. The lowest BCUT2D eigenvalue weighted by atomic mass is 9.56. The van der Waals surface area contributed by atoms with E-state index in [9.17, 15) is 18.7 Å². The first kappa shape index (κ1) is 26.8. The monoisotopic (exact) mass is 551 g/mol. The quantitative estimate of drug-likeness (QED) is 0.389. The molecule has 1 aromatic carbocycles. The van der Waals surface area contributed by atoms with Gasteiger partial charge in [-0.1, -0.05) is 38.0 Å². The van der Waals surface area contributed by atoms with Gasteiger partial charge in [-0.05, 0) is 111 Å². The number of aliphatic hydroxyl groups excluding tert-OH is 1. The number of ether oxygens (including phenoxy) is 1. The molecule has 40 heavy (non-hydrogen) atoms. The van der Waals surface area contributed by atoms with E-state index < -0.39 is 11.6 Å². The van der Waals surface area contributed by atoms with Gasteiger partial charge in [0.15, 0.2) is 11.6 Å². The number of hydrogen-bond acceptors (Lipinski definition) is 3. The molecule has 4 fully saturated rings. The number of piperidine rings is 1. The number of aliphatic hydroxyl groups is 1. The van der Waals surface area contributed by atoms with Crippen molar-refractivity contribution in [3.8, 4) is 0 Å². The molecule has 6 aliphatic rings. The highest BCUT2D eigenvalue weighted by molar-refractivity contribution is 5.94. The molecule has 0 unspecified atom stereocenters. The van der Waals surface area contributed by atoms with Crippen LogP contribution in [-0.4, -0.2) is 46.3 Å². The summed E-state index contributed by atoms with van der Waals surface area (Å²) in [6.45, 7) is 9.76. The maximum atomic E-state index is 14.1. The lowest BCUT2D eigenvalue weighted by molar-refractivity contribution is -0.0622. The molecule has 0 radical (unpaired) electrons. The summed E-state index contributed by atoms with van der Waals surface area (Å²) in [4.78, 5) is 15.7. The fourth-order valence-corrected chi connectivity index (χ4v) is 10.3. The molecule has 216 valence electrons. The zero-order valence-electron chi connectivity index (χ0n) is 24.3. The molecular formula is C34H43F2NO3. The van der Waals surface area contributed by atoms with Crippen LogP contribution >= 0.6 is 0 Å². The van der Waals surface area contributed by atoms with Crippen LogP contribution in [0, 0.1) is 46.6 Å². The fraction of sp³-hybridized carbons (Fsp3) is 0.676. The predicted octanol–water partition coefficient (Wildman–Crippen LogP) is 6.83. The largest absolute Gasteiger partial charge is 0.393 e. The van der Waals surface area contributed by atoms with Crippen LogP contribution in [0.2, 0.25) is 0 Å². The van der Waals surface area contributed by atoms with Gasteiger partial charge in [0, 0.05) is 18.0 Å².